The molecule has 1 aromatic heterocycles. The van der Waals surface area contributed by atoms with Gasteiger partial charge in [-0.15, -0.1) is 0 Å². The molecule has 1 atom stereocenters. The molecule has 110 valence electrons. The molecule has 2 heterocycles. The number of piperidine rings is 1. The Morgan fingerprint density at radius 2 is 2.20 bits per heavy atom. The van der Waals surface area contributed by atoms with E-state index < -0.39 is 5.97 Å². The number of hydrogen-bond donors (Lipinski definition) is 2. The van der Waals surface area contributed by atoms with Gasteiger partial charge in [0.15, 0.2) is 0 Å². The Labute approximate surface area is 117 Å². The number of carboxylic acids is 1. The van der Waals surface area contributed by atoms with Crippen LogP contribution in [0, 0.1) is 5.92 Å². The van der Waals surface area contributed by atoms with Gasteiger partial charge in [-0.25, -0.2) is 0 Å². The number of nitrogens with zero attached hydrogens (tertiary/aromatic N) is 1. The third-order valence-electron chi connectivity index (χ3n) is 3.82. The zero-order chi connectivity index (χ0) is 14.5. The van der Waals surface area contributed by atoms with E-state index in [1.54, 1.807) is 12.3 Å². The van der Waals surface area contributed by atoms with Gasteiger partial charge in [0.1, 0.15) is 5.76 Å². The highest BCUT2D eigenvalue weighted by Gasteiger charge is 2.29. The first kappa shape index (κ1) is 14.6. The number of carboxylic acid groups (broad SMARTS) is 1. The highest BCUT2D eigenvalue weighted by molar-refractivity contribution is 5.81. The first-order chi connectivity index (χ1) is 9.58. The molecule has 0 saturated carbocycles. The second-order valence-electron chi connectivity index (χ2n) is 5.12. The summed E-state index contributed by atoms with van der Waals surface area (Å²) < 4.78 is 5.16. The molecule has 2 rings (SSSR count). The van der Waals surface area contributed by atoms with Gasteiger partial charge in [0.25, 0.3) is 0 Å². The van der Waals surface area contributed by atoms with Crippen LogP contribution in [0.3, 0.4) is 0 Å². The van der Waals surface area contributed by atoms with Gasteiger partial charge in [-0.1, -0.05) is 0 Å². The van der Waals surface area contributed by atoms with E-state index >= 15 is 0 Å². The minimum atomic E-state index is -0.737. The van der Waals surface area contributed by atoms with E-state index in [0.717, 1.165) is 5.76 Å². The molecule has 1 saturated heterocycles. The van der Waals surface area contributed by atoms with E-state index in [9.17, 15) is 9.59 Å². The van der Waals surface area contributed by atoms with Crippen molar-refractivity contribution >= 4 is 11.9 Å². The molecule has 1 amide bonds. The van der Waals surface area contributed by atoms with Crippen molar-refractivity contribution in [3.05, 3.63) is 24.2 Å². The summed E-state index contributed by atoms with van der Waals surface area (Å²) in [5.74, 6) is -0.352. The standard InChI is InChI=1S/C14H20N2O4/c1-10(13(17)15-9-12-3-2-8-20-12)16-6-4-11(5-7-16)14(18)19/h2-3,8,10-11H,4-7,9H2,1H3,(H,15,17)(H,18,19). The molecule has 1 aliphatic rings. The number of furan rings is 1. The summed E-state index contributed by atoms with van der Waals surface area (Å²) in [5.41, 5.74) is 0. The number of carbonyl (C=O) groups is 2. The number of hydrogen-bond acceptors (Lipinski definition) is 4. The minimum absolute atomic E-state index is 0.0600. The Morgan fingerprint density at radius 3 is 2.75 bits per heavy atom. The van der Waals surface area contributed by atoms with Crippen LogP contribution in [0.25, 0.3) is 0 Å². The minimum Gasteiger partial charge on any atom is -0.481 e. The van der Waals surface area contributed by atoms with Gasteiger partial charge in [-0.3, -0.25) is 14.5 Å². The molecule has 0 aromatic carbocycles. The van der Waals surface area contributed by atoms with E-state index in [1.807, 2.05) is 17.9 Å². The van der Waals surface area contributed by atoms with Gasteiger partial charge in [-0.2, -0.15) is 0 Å². The van der Waals surface area contributed by atoms with E-state index in [0.29, 0.717) is 32.5 Å². The molecule has 1 aliphatic heterocycles. The first-order valence-electron chi connectivity index (χ1n) is 6.85. The summed E-state index contributed by atoms with van der Waals surface area (Å²) >= 11 is 0. The number of rotatable bonds is 5. The summed E-state index contributed by atoms with van der Waals surface area (Å²) in [6.07, 6.45) is 2.78. The van der Waals surface area contributed by atoms with Gasteiger partial charge < -0.3 is 14.8 Å². The number of nitrogens with one attached hydrogen (secondary N) is 1. The second kappa shape index (κ2) is 6.56. The fourth-order valence-corrected chi connectivity index (χ4v) is 2.43. The van der Waals surface area contributed by atoms with Crippen molar-refractivity contribution in [2.24, 2.45) is 5.92 Å². The normalized spacial score (nSPS) is 18.6. The van der Waals surface area contributed by atoms with Gasteiger partial charge in [-0.05, 0) is 45.0 Å². The molecular formula is C14H20N2O4. The van der Waals surface area contributed by atoms with Gasteiger partial charge in [0.2, 0.25) is 5.91 Å². The summed E-state index contributed by atoms with van der Waals surface area (Å²) in [7, 11) is 0. The van der Waals surface area contributed by atoms with Gasteiger partial charge in [0.05, 0.1) is 24.8 Å². The Balaban J connectivity index is 1.77. The molecule has 1 fully saturated rings. The van der Waals surface area contributed by atoms with Crippen LogP contribution in [-0.2, 0) is 16.1 Å². The topological polar surface area (TPSA) is 82.8 Å². The van der Waals surface area contributed by atoms with E-state index in [2.05, 4.69) is 5.32 Å². The Morgan fingerprint density at radius 1 is 1.50 bits per heavy atom. The van der Waals surface area contributed by atoms with Crippen molar-refractivity contribution in [3.8, 4) is 0 Å². The van der Waals surface area contributed by atoms with Crippen molar-refractivity contribution in [1.82, 2.24) is 10.2 Å². The molecule has 0 bridgehead atoms. The predicted molar refractivity (Wildman–Crippen MR) is 71.9 cm³/mol. The molecule has 2 N–H and O–H groups in total. The van der Waals surface area contributed by atoms with Crippen molar-refractivity contribution in [2.45, 2.75) is 32.4 Å². The second-order valence-corrected chi connectivity index (χ2v) is 5.12. The quantitative estimate of drug-likeness (QED) is 0.843. The molecule has 1 unspecified atom stereocenters. The lowest BCUT2D eigenvalue weighted by Gasteiger charge is -2.33. The maximum absolute atomic E-state index is 12.0. The molecule has 20 heavy (non-hydrogen) atoms. The van der Waals surface area contributed by atoms with E-state index in [4.69, 9.17) is 9.52 Å². The lowest BCUT2D eigenvalue weighted by Crippen LogP contribution is -2.48. The van der Waals surface area contributed by atoms with Crippen molar-refractivity contribution in [3.63, 3.8) is 0 Å². The average Bonchev–Trinajstić information content (AvgIpc) is 2.97. The Hall–Kier alpha value is -1.82. The van der Waals surface area contributed by atoms with E-state index in [-0.39, 0.29) is 17.9 Å². The SMILES string of the molecule is CC(C(=O)NCc1ccco1)N1CCC(C(=O)O)CC1. The van der Waals surface area contributed by atoms with Crippen LogP contribution in [0.2, 0.25) is 0 Å². The van der Waals surface area contributed by atoms with E-state index in [1.165, 1.54) is 0 Å². The number of amides is 1. The lowest BCUT2D eigenvalue weighted by atomic mass is 9.96. The maximum Gasteiger partial charge on any atom is 0.306 e. The smallest absolute Gasteiger partial charge is 0.306 e. The van der Waals surface area contributed by atoms with Gasteiger partial charge >= 0.3 is 5.97 Å². The summed E-state index contributed by atoms with van der Waals surface area (Å²) in [5, 5.41) is 11.8. The molecule has 1 aromatic rings. The highest BCUT2D eigenvalue weighted by Crippen LogP contribution is 2.19. The predicted octanol–water partition coefficient (Wildman–Crippen LogP) is 1.08. The Bertz CT molecular complexity index is 450. The highest BCUT2D eigenvalue weighted by atomic mass is 16.4. The molecule has 0 radical (unpaired) electrons. The number of likely N-dealkylation sites (tertiary alicyclic amines) is 1. The molecule has 0 spiro atoms. The zero-order valence-corrected chi connectivity index (χ0v) is 11.5. The van der Waals surface area contributed by atoms with Crippen molar-refractivity contribution in [1.29, 1.82) is 0 Å². The third kappa shape index (κ3) is 3.60. The Kier molecular flexibility index (Phi) is 4.79. The average molecular weight is 280 g/mol. The van der Waals surface area contributed by atoms with Crippen molar-refractivity contribution < 1.29 is 19.1 Å². The fraction of sp³-hybridized carbons (Fsp3) is 0.571. The first-order valence-corrected chi connectivity index (χ1v) is 6.85. The molecule has 0 aliphatic carbocycles. The van der Waals surface area contributed by atoms with Crippen molar-refractivity contribution in [2.75, 3.05) is 13.1 Å². The van der Waals surface area contributed by atoms with Gasteiger partial charge in [0, 0.05) is 0 Å². The number of carbonyl (C=O) groups excluding carboxylic acids is 1. The summed E-state index contributed by atoms with van der Waals surface area (Å²) in [4.78, 5) is 25.0. The van der Waals surface area contributed by atoms with Crippen LogP contribution in [0.15, 0.2) is 22.8 Å². The van der Waals surface area contributed by atoms with Crippen LogP contribution in [0.5, 0.6) is 0 Å². The molecule has 6 heteroatoms. The lowest BCUT2D eigenvalue weighted by molar-refractivity contribution is -0.143. The molecular weight excluding hydrogens is 260 g/mol. The summed E-state index contributed by atoms with van der Waals surface area (Å²) in [6, 6.07) is 3.34. The van der Waals surface area contributed by atoms with Crippen LogP contribution in [-0.4, -0.2) is 41.0 Å². The van der Waals surface area contributed by atoms with Crippen LogP contribution in [0.4, 0.5) is 0 Å². The largest absolute Gasteiger partial charge is 0.481 e. The van der Waals surface area contributed by atoms with Crippen LogP contribution in [0.1, 0.15) is 25.5 Å². The number of aliphatic carboxylic acids is 1. The maximum atomic E-state index is 12.0. The third-order valence-corrected chi connectivity index (χ3v) is 3.82. The molecule has 6 nitrogen and oxygen atoms in total. The van der Waals surface area contributed by atoms with Crippen LogP contribution < -0.4 is 5.32 Å². The zero-order valence-electron chi connectivity index (χ0n) is 11.5. The monoisotopic (exact) mass is 280 g/mol. The van der Waals surface area contributed by atoms with Crippen LogP contribution >= 0.6 is 0 Å². The fourth-order valence-electron chi connectivity index (χ4n) is 2.43. The summed E-state index contributed by atoms with van der Waals surface area (Å²) in [6.45, 7) is 3.51.